The smallest absolute Gasteiger partial charge is 0.295 e. The number of hydrogen-bond donors (Lipinski definition) is 1. The van der Waals surface area contributed by atoms with Crippen molar-refractivity contribution in [2.45, 2.75) is 12.6 Å². The van der Waals surface area contributed by atoms with E-state index in [1.807, 2.05) is 47.8 Å². The molecule has 2 aliphatic rings. The van der Waals surface area contributed by atoms with Crippen LogP contribution in [0.15, 0.2) is 77.7 Å². The first kappa shape index (κ1) is 24.2. The molecule has 8 heteroatoms. The molecule has 1 aromatic heterocycles. The number of carbonyl (C=O) groups is 2. The van der Waals surface area contributed by atoms with Crippen LogP contribution in [0.25, 0.3) is 5.76 Å². The van der Waals surface area contributed by atoms with Crippen LogP contribution in [0.2, 0.25) is 0 Å². The second kappa shape index (κ2) is 11.1. The van der Waals surface area contributed by atoms with Crippen molar-refractivity contribution in [2.24, 2.45) is 0 Å². The van der Waals surface area contributed by atoms with Crippen LogP contribution in [0, 0.1) is 0 Å². The minimum Gasteiger partial charge on any atom is -0.507 e. The van der Waals surface area contributed by atoms with E-state index in [4.69, 9.17) is 9.47 Å². The lowest BCUT2D eigenvalue weighted by atomic mass is 10.00. The van der Waals surface area contributed by atoms with Gasteiger partial charge in [-0.05, 0) is 41.3 Å². The molecule has 186 valence electrons. The van der Waals surface area contributed by atoms with Crippen molar-refractivity contribution in [3.05, 3.63) is 93.7 Å². The summed E-state index contributed by atoms with van der Waals surface area (Å²) >= 11 is 1.47. The fourth-order valence-corrected chi connectivity index (χ4v) is 5.38. The van der Waals surface area contributed by atoms with E-state index in [0.717, 1.165) is 23.5 Å². The largest absolute Gasteiger partial charge is 0.507 e. The summed E-state index contributed by atoms with van der Waals surface area (Å²) in [6.45, 7) is 4.40. The number of aliphatic hydroxyl groups is 1. The van der Waals surface area contributed by atoms with Crippen LogP contribution in [-0.2, 0) is 20.9 Å². The van der Waals surface area contributed by atoms with E-state index in [1.54, 1.807) is 29.2 Å². The molecule has 2 fully saturated rings. The third-order valence-corrected chi connectivity index (χ3v) is 7.41. The molecule has 3 heterocycles. The molecule has 0 aliphatic carbocycles. The van der Waals surface area contributed by atoms with E-state index < -0.39 is 17.7 Å². The van der Waals surface area contributed by atoms with Crippen molar-refractivity contribution in [3.8, 4) is 5.75 Å². The van der Waals surface area contributed by atoms with Crippen LogP contribution in [-0.4, -0.2) is 66.0 Å². The number of likely N-dealkylation sites (tertiary alicyclic amines) is 1. The maximum atomic E-state index is 13.2. The van der Waals surface area contributed by atoms with E-state index in [0.29, 0.717) is 44.2 Å². The number of ether oxygens (including phenoxy) is 2. The Bertz CT molecular complexity index is 1220. The molecule has 0 saturated carbocycles. The average Bonchev–Trinajstić information content (AvgIpc) is 3.54. The molecule has 1 N–H and O–H groups in total. The highest BCUT2D eigenvalue weighted by molar-refractivity contribution is 7.10. The number of morpholine rings is 1. The molecule has 2 aromatic carbocycles. The third kappa shape index (κ3) is 5.21. The van der Waals surface area contributed by atoms with Gasteiger partial charge in [0.15, 0.2) is 0 Å². The number of rotatable bonds is 8. The summed E-state index contributed by atoms with van der Waals surface area (Å²) in [7, 11) is 0. The van der Waals surface area contributed by atoms with Gasteiger partial charge in [0.1, 0.15) is 18.1 Å². The van der Waals surface area contributed by atoms with Crippen molar-refractivity contribution in [1.29, 1.82) is 0 Å². The molecule has 2 saturated heterocycles. The zero-order valence-electron chi connectivity index (χ0n) is 19.8. The van der Waals surface area contributed by atoms with Crippen molar-refractivity contribution in [3.63, 3.8) is 0 Å². The van der Waals surface area contributed by atoms with E-state index in [2.05, 4.69) is 4.90 Å². The fraction of sp³-hybridized carbons (Fsp3) is 0.286. The van der Waals surface area contributed by atoms with Crippen molar-refractivity contribution in [2.75, 3.05) is 39.4 Å². The standard InChI is InChI=1S/C28H28N2O5S/c31-26(21-8-10-22(11-9-21)35-19-20-5-2-1-3-6-20)24-25(23-7-4-18-36-23)30(28(33)27(24)32)13-12-29-14-16-34-17-15-29/h1-11,18,25,31H,12-17,19H2/b26-24-. The summed E-state index contributed by atoms with van der Waals surface area (Å²) < 4.78 is 11.2. The third-order valence-electron chi connectivity index (χ3n) is 6.49. The van der Waals surface area contributed by atoms with Crippen molar-refractivity contribution < 1.29 is 24.2 Å². The lowest BCUT2D eigenvalue weighted by molar-refractivity contribution is -0.140. The maximum absolute atomic E-state index is 13.2. The Kier molecular flexibility index (Phi) is 7.46. The highest BCUT2D eigenvalue weighted by Gasteiger charge is 2.46. The van der Waals surface area contributed by atoms with Gasteiger partial charge >= 0.3 is 0 Å². The van der Waals surface area contributed by atoms with Gasteiger partial charge in [-0.1, -0.05) is 36.4 Å². The molecular weight excluding hydrogens is 476 g/mol. The van der Waals surface area contributed by atoms with Crippen LogP contribution < -0.4 is 4.74 Å². The molecule has 0 spiro atoms. The minimum atomic E-state index is -0.655. The number of carbonyl (C=O) groups excluding carboxylic acids is 2. The molecule has 7 nitrogen and oxygen atoms in total. The maximum Gasteiger partial charge on any atom is 0.295 e. The summed E-state index contributed by atoms with van der Waals surface area (Å²) in [6.07, 6.45) is 0. The first-order valence-corrected chi connectivity index (χ1v) is 12.9. The average molecular weight is 505 g/mol. The normalized spacial score (nSPS) is 20.1. The first-order chi connectivity index (χ1) is 17.6. The van der Waals surface area contributed by atoms with E-state index in [9.17, 15) is 14.7 Å². The topological polar surface area (TPSA) is 79.3 Å². The van der Waals surface area contributed by atoms with Crippen LogP contribution in [0.3, 0.4) is 0 Å². The summed E-state index contributed by atoms with van der Waals surface area (Å²) in [5, 5.41) is 13.1. The summed E-state index contributed by atoms with van der Waals surface area (Å²) in [5.74, 6) is -0.755. The van der Waals surface area contributed by atoms with Gasteiger partial charge in [-0.3, -0.25) is 14.5 Å². The van der Waals surface area contributed by atoms with Crippen LogP contribution in [0.5, 0.6) is 5.75 Å². The number of thiophene rings is 1. The zero-order valence-corrected chi connectivity index (χ0v) is 20.7. The highest BCUT2D eigenvalue weighted by atomic mass is 32.1. The second-order valence-electron chi connectivity index (χ2n) is 8.76. The number of Topliss-reactive ketones (excluding diaryl/α,β-unsaturated/α-hetero) is 1. The van der Waals surface area contributed by atoms with Crippen LogP contribution >= 0.6 is 11.3 Å². The Morgan fingerprint density at radius 3 is 2.42 bits per heavy atom. The van der Waals surface area contributed by atoms with Gasteiger partial charge in [0.05, 0.1) is 24.8 Å². The molecule has 5 rings (SSSR count). The lowest BCUT2D eigenvalue weighted by Gasteiger charge is -2.30. The first-order valence-electron chi connectivity index (χ1n) is 12.0. The Balaban J connectivity index is 1.38. The highest BCUT2D eigenvalue weighted by Crippen LogP contribution is 2.41. The van der Waals surface area contributed by atoms with Crippen molar-refractivity contribution >= 4 is 28.8 Å². The van der Waals surface area contributed by atoms with Gasteiger partial charge < -0.3 is 19.5 Å². The van der Waals surface area contributed by atoms with Gasteiger partial charge in [-0.25, -0.2) is 0 Å². The van der Waals surface area contributed by atoms with Crippen molar-refractivity contribution in [1.82, 2.24) is 9.80 Å². The summed E-state index contributed by atoms with van der Waals surface area (Å²) in [6, 6.07) is 20.0. The number of nitrogens with zero attached hydrogens (tertiary/aromatic N) is 2. The molecule has 1 atom stereocenters. The zero-order chi connectivity index (χ0) is 24.9. The fourth-order valence-electron chi connectivity index (χ4n) is 4.53. The Hall–Kier alpha value is -3.46. The SMILES string of the molecule is O=C1C(=O)N(CCN2CCOCC2)C(c2cccs2)/C1=C(/O)c1ccc(OCc2ccccc2)cc1. The summed E-state index contributed by atoms with van der Waals surface area (Å²) in [4.78, 5) is 30.9. The number of ketones is 1. The van der Waals surface area contributed by atoms with Gasteiger partial charge in [0.2, 0.25) is 0 Å². The molecule has 2 aliphatic heterocycles. The molecule has 3 aromatic rings. The van der Waals surface area contributed by atoms with Gasteiger partial charge in [-0.15, -0.1) is 11.3 Å². The van der Waals surface area contributed by atoms with E-state index in [1.165, 1.54) is 11.3 Å². The molecule has 1 unspecified atom stereocenters. The number of amides is 1. The number of benzene rings is 2. The number of aliphatic hydroxyl groups excluding tert-OH is 1. The van der Waals surface area contributed by atoms with Gasteiger partial charge in [0.25, 0.3) is 11.7 Å². The minimum absolute atomic E-state index is 0.127. The Morgan fingerprint density at radius 1 is 0.972 bits per heavy atom. The Labute approximate surface area is 214 Å². The lowest BCUT2D eigenvalue weighted by Crippen LogP contribution is -2.42. The predicted molar refractivity (Wildman–Crippen MR) is 138 cm³/mol. The van der Waals surface area contributed by atoms with Crippen LogP contribution in [0.1, 0.15) is 22.0 Å². The number of hydrogen-bond acceptors (Lipinski definition) is 7. The molecule has 0 bridgehead atoms. The van der Waals surface area contributed by atoms with Gasteiger partial charge in [0, 0.05) is 36.6 Å². The molecule has 1 amide bonds. The molecule has 0 radical (unpaired) electrons. The monoisotopic (exact) mass is 504 g/mol. The predicted octanol–water partition coefficient (Wildman–Crippen LogP) is 4.08. The van der Waals surface area contributed by atoms with Gasteiger partial charge in [-0.2, -0.15) is 0 Å². The quantitative estimate of drug-likeness (QED) is 0.283. The Morgan fingerprint density at radius 2 is 1.72 bits per heavy atom. The molecule has 36 heavy (non-hydrogen) atoms. The second-order valence-corrected chi connectivity index (χ2v) is 9.74. The van der Waals surface area contributed by atoms with E-state index in [-0.39, 0.29) is 11.3 Å². The van der Waals surface area contributed by atoms with Crippen LogP contribution in [0.4, 0.5) is 0 Å². The van der Waals surface area contributed by atoms with E-state index >= 15 is 0 Å². The summed E-state index contributed by atoms with van der Waals surface area (Å²) in [5.41, 5.74) is 1.65. The molecular formula is C28H28N2O5S.